The third-order valence-corrected chi connectivity index (χ3v) is 12.6. The highest BCUT2D eigenvalue weighted by atomic mass is 32.3. The maximum Gasteiger partial charge on any atom is 0.291 e. The third-order valence-electron chi connectivity index (χ3n) is 7.31. The molecule has 0 saturated carbocycles. The second-order valence-corrected chi connectivity index (χ2v) is 15.8. The summed E-state index contributed by atoms with van der Waals surface area (Å²) < 4.78 is 62.8. The summed E-state index contributed by atoms with van der Waals surface area (Å²) in [6.45, 7) is 5.89. The largest absolute Gasteiger partial charge is 0.385 e. The Hall–Kier alpha value is -1.11. The van der Waals surface area contributed by atoms with Crippen LogP contribution in [0.25, 0.3) is 0 Å². The summed E-state index contributed by atoms with van der Waals surface area (Å²) in [5.74, 6) is 0. The average molecular weight is 632 g/mol. The zero-order valence-electron chi connectivity index (χ0n) is 25.5. The highest BCUT2D eigenvalue weighted by molar-refractivity contribution is 7.94. The molecule has 1 aliphatic rings. The fourth-order valence-corrected chi connectivity index (χ4v) is 9.76. The first-order valence-electron chi connectivity index (χ1n) is 15.6. The van der Waals surface area contributed by atoms with Crippen LogP contribution in [0.2, 0.25) is 0 Å². The van der Waals surface area contributed by atoms with Gasteiger partial charge in [-0.2, -0.15) is 17.1 Å². The highest BCUT2D eigenvalue weighted by Crippen LogP contribution is 2.40. The van der Waals surface area contributed by atoms with Gasteiger partial charge in [0.15, 0.2) is 0 Å². The molecule has 2 rings (SSSR count). The van der Waals surface area contributed by atoms with Crippen LogP contribution in [0.4, 0.5) is 0 Å². The van der Waals surface area contributed by atoms with Crippen LogP contribution >= 0.6 is 11.3 Å². The fourth-order valence-electron chi connectivity index (χ4n) is 4.98. The van der Waals surface area contributed by atoms with Crippen molar-refractivity contribution < 1.29 is 21.6 Å². The number of unbranched alkanes of at least 4 members (excludes halogenated alkanes) is 12. The van der Waals surface area contributed by atoms with Crippen molar-refractivity contribution in [2.24, 2.45) is 4.40 Å². The summed E-state index contributed by atoms with van der Waals surface area (Å²) in [5.41, 5.74) is 0.519. The Morgan fingerprint density at radius 1 is 0.976 bits per heavy atom. The summed E-state index contributed by atoms with van der Waals surface area (Å²) in [6.07, 6.45) is 23.1. The Bertz CT molecular complexity index is 1130. The highest BCUT2D eigenvalue weighted by Gasteiger charge is 2.39. The number of ether oxygens (including phenoxy) is 1. The second-order valence-electron chi connectivity index (χ2n) is 10.8. The first kappa shape index (κ1) is 36.1. The van der Waals surface area contributed by atoms with Crippen molar-refractivity contribution in [2.45, 2.75) is 125 Å². The number of rotatable bonds is 23. The minimum atomic E-state index is -3.95. The lowest BCUT2D eigenvalue weighted by Crippen LogP contribution is -2.43. The number of likely N-dealkylation sites (N-methyl/N-ethyl adjacent to an activating group) is 1. The molecule has 0 aromatic carbocycles. The normalized spacial score (nSPS) is 17.6. The van der Waals surface area contributed by atoms with E-state index >= 15 is 0 Å². The number of methoxy groups -OCH3 is 1. The van der Waals surface area contributed by atoms with Gasteiger partial charge >= 0.3 is 0 Å². The van der Waals surface area contributed by atoms with E-state index in [1.54, 1.807) is 7.11 Å². The zero-order valence-corrected chi connectivity index (χ0v) is 27.9. The molecule has 1 aromatic heterocycles. The van der Waals surface area contributed by atoms with Crippen molar-refractivity contribution >= 4 is 37.6 Å². The van der Waals surface area contributed by atoms with Gasteiger partial charge in [-0.3, -0.25) is 0 Å². The molecule has 0 unspecified atom stereocenters. The van der Waals surface area contributed by atoms with E-state index in [1.165, 1.54) is 74.4 Å². The minimum Gasteiger partial charge on any atom is -0.385 e. The lowest BCUT2D eigenvalue weighted by atomic mass is 10.1. The van der Waals surface area contributed by atoms with Gasteiger partial charge in [-0.15, -0.1) is 11.3 Å². The van der Waals surface area contributed by atoms with E-state index in [1.807, 2.05) is 6.92 Å². The van der Waals surface area contributed by atoms with Crippen molar-refractivity contribution in [3.63, 3.8) is 0 Å². The van der Waals surface area contributed by atoms with Gasteiger partial charge < -0.3 is 10.1 Å². The van der Waals surface area contributed by atoms with Crippen molar-refractivity contribution in [3.05, 3.63) is 23.8 Å². The van der Waals surface area contributed by atoms with Crippen molar-refractivity contribution in [2.75, 3.05) is 33.4 Å². The summed E-state index contributed by atoms with van der Waals surface area (Å²) >= 11 is 0.803. The van der Waals surface area contributed by atoms with Gasteiger partial charge in [-0.05, 0) is 57.6 Å². The third kappa shape index (κ3) is 12.6. The molecule has 0 aliphatic carbocycles. The molecule has 0 fully saturated rings. The molecule has 11 heteroatoms. The quantitative estimate of drug-likeness (QED) is 0.0776. The molecule has 1 aliphatic heterocycles. The van der Waals surface area contributed by atoms with Gasteiger partial charge in [0.25, 0.3) is 20.0 Å². The van der Waals surface area contributed by atoms with Gasteiger partial charge in [0, 0.05) is 44.6 Å². The summed E-state index contributed by atoms with van der Waals surface area (Å²) in [7, 11) is -6.14. The SMILES string of the molecule is CCCCCCCC/C=C\CCCCCCC/C=N/S(=O)(=O)c1cc2c(s1)S(=O)(=O)N(CCCOC)C[C@@H]2NCC. The van der Waals surface area contributed by atoms with Crippen LogP contribution in [0.1, 0.15) is 122 Å². The number of fused-ring (bicyclic) bond motifs is 1. The average Bonchev–Trinajstić information content (AvgIpc) is 3.41. The number of hydrogen-bond donors (Lipinski definition) is 1. The topological polar surface area (TPSA) is 105 Å². The molecule has 1 N–H and O–H groups in total. The molecule has 1 aromatic rings. The molecule has 0 amide bonds. The van der Waals surface area contributed by atoms with Gasteiger partial charge in [-0.25, -0.2) is 8.42 Å². The van der Waals surface area contributed by atoms with Gasteiger partial charge in [0.2, 0.25) is 0 Å². The smallest absolute Gasteiger partial charge is 0.291 e. The van der Waals surface area contributed by atoms with Gasteiger partial charge in [0.1, 0.15) is 8.42 Å². The van der Waals surface area contributed by atoms with Crippen LogP contribution in [0.15, 0.2) is 31.0 Å². The van der Waals surface area contributed by atoms with Crippen LogP contribution in [0, 0.1) is 0 Å². The summed E-state index contributed by atoms with van der Waals surface area (Å²) in [4.78, 5) is 0. The van der Waals surface area contributed by atoms with Crippen LogP contribution < -0.4 is 5.32 Å². The second kappa shape index (κ2) is 20.0. The van der Waals surface area contributed by atoms with Gasteiger partial charge in [-0.1, -0.05) is 77.4 Å². The molecule has 2 heterocycles. The van der Waals surface area contributed by atoms with E-state index in [0.29, 0.717) is 38.1 Å². The molecule has 236 valence electrons. The Kier molecular flexibility index (Phi) is 17.6. The van der Waals surface area contributed by atoms with E-state index in [9.17, 15) is 16.8 Å². The Morgan fingerprint density at radius 2 is 1.59 bits per heavy atom. The van der Waals surface area contributed by atoms with Crippen molar-refractivity contribution in [1.29, 1.82) is 0 Å². The van der Waals surface area contributed by atoms with Crippen molar-refractivity contribution in [3.8, 4) is 0 Å². The molecular formula is C30H53N3O5S3. The van der Waals surface area contributed by atoms with E-state index in [-0.39, 0.29) is 21.0 Å². The Balaban J connectivity index is 1.75. The first-order valence-corrected chi connectivity index (χ1v) is 19.3. The standard InChI is InChI=1S/C30H53N3O5S3/c1-4-6-7-8-9-10-11-12-13-14-15-16-17-18-19-20-22-32-40(34,35)29-25-27-28(31-5-2)26-33(23-21-24-38-3)41(36,37)30(27)39-29/h12-13,22,25,28,31H,4-11,14-21,23-24,26H2,1-3H3/b13-12-,32-22+/t28-/m0/s1. The molecule has 0 radical (unpaired) electrons. The predicted octanol–water partition coefficient (Wildman–Crippen LogP) is 7.24. The Labute approximate surface area is 254 Å². The van der Waals surface area contributed by atoms with Crippen molar-refractivity contribution in [1.82, 2.24) is 9.62 Å². The lowest BCUT2D eigenvalue weighted by Gasteiger charge is -2.32. The first-order chi connectivity index (χ1) is 19.8. The number of nitrogens with one attached hydrogen (secondary N) is 1. The number of allylic oxidation sites excluding steroid dienone is 2. The maximum atomic E-state index is 13.2. The zero-order chi connectivity index (χ0) is 30.0. The van der Waals surface area contributed by atoms with Crippen LogP contribution in [0.5, 0.6) is 0 Å². The maximum absolute atomic E-state index is 13.2. The molecule has 0 saturated heterocycles. The predicted molar refractivity (Wildman–Crippen MR) is 171 cm³/mol. The number of sulfonamides is 2. The fraction of sp³-hybridized carbons (Fsp3) is 0.767. The van der Waals surface area contributed by atoms with E-state index in [0.717, 1.165) is 37.0 Å². The molecule has 1 atom stereocenters. The van der Waals surface area contributed by atoms with E-state index < -0.39 is 20.0 Å². The van der Waals surface area contributed by atoms with Gasteiger partial charge in [0.05, 0.1) is 0 Å². The number of thiophene rings is 1. The molecule has 0 spiro atoms. The van der Waals surface area contributed by atoms with Crippen LogP contribution in [-0.2, 0) is 24.8 Å². The monoisotopic (exact) mass is 631 g/mol. The Morgan fingerprint density at radius 3 is 2.20 bits per heavy atom. The minimum absolute atomic E-state index is 0.0199. The lowest BCUT2D eigenvalue weighted by molar-refractivity contribution is 0.185. The molecule has 0 bridgehead atoms. The molecular weight excluding hydrogens is 579 g/mol. The number of nitrogens with zero attached hydrogens (tertiary/aromatic N) is 2. The van der Waals surface area contributed by atoms with Crippen LogP contribution in [0.3, 0.4) is 0 Å². The molecule has 41 heavy (non-hydrogen) atoms. The number of hydrogen-bond acceptors (Lipinski definition) is 7. The van der Waals surface area contributed by atoms with Crippen LogP contribution in [-0.4, -0.2) is 60.7 Å². The summed E-state index contributed by atoms with van der Waals surface area (Å²) in [6, 6.07) is 1.23. The van der Waals surface area contributed by atoms with E-state index in [4.69, 9.17) is 4.74 Å². The molecule has 8 nitrogen and oxygen atoms in total. The summed E-state index contributed by atoms with van der Waals surface area (Å²) in [5, 5.41) is 3.30. The van der Waals surface area contributed by atoms with E-state index in [2.05, 4.69) is 28.8 Å².